The summed E-state index contributed by atoms with van der Waals surface area (Å²) in [5.74, 6) is -1.64. The Morgan fingerprint density at radius 1 is 1.17 bits per heavy atom. The molecule has 246 valence electrons. The Balaban J connectivity index is 1.59. The number of benzene rings is 1. The third kappa shape index (κ3) is 7.76. The molecule has 2 amide bonds. The predicted octanol–water partition coefficient (Wildman–Crippen LogP) is 2.37. The number of nitrogens with zero attached hydrogens (tertiary/aromatic N) is 4. The quantitative estimate of drug-likeness (QED) is 0.237. The molecule has 15 heteroatoms. The Morgan fingerprint density at radius 2 is 1.87 bits per heavy atom. The number of carbonyl (C=O) groups excluding carboxylic acids is 3. The van der Waals surface area contributed by atoms with Crippen LogP contribution in [-0.4, -0.2) is 79.3 Å². The van der Waals surface area contributed by atoms with E-state index in [4.69, 9.17) is 14.2 Å². The maximum Gasteiger partial charge on any atom is 0.408 e. The van der Waals surface area contributed by atoms with Gasteiger partial charge in [0.2, 0.25) is 11.5 Å². The van der Waals surface area contributed by atoms with Gasteiger partial charge in [0, 0.05) is 12.8 Å². The monoisotopic (exact) mass is 640 g/mol. The topological polar surface area (TPSA) is 197 Å². The molecule has 1 aliphatic heterocycles. The van der Waals surface area contributed by atoms with Gasteiger partial charge in [-0.25, -0.2) is 18.7 Å². The molecule has 3 aromatic rings. The molecule has 0 spiro atoms. The number of aromatic nitrogens is 3. The first-order chi connectivity index (χ1) is 21.6. The van der Waals surface area contributed by atoms with Crippen molar-refractivity contribution in [1.82, 2.24) is 19.9 Å². The zero-order chi connectivity index (χ0) is 33.8. The highest BCUT2D eigenvalue weighted by molar-refractivity contribution is 5.98. The zero-order valence-corrected chi connectivity index (χ0v) is 26.1. The largest absolute Gasteiger partial charge is 0.463 e. The summed E-state index contributed by atoms with van der Waals surface area (Å²) in [6.07, 6.45) is -4.18. The Hall–Kier alpha value is -4.65. The van der Waals surface area contributed by atoms with Crippen molar-refractivity contribution in [3.63, 3.8) is 0 Å². The number of amides is 2. The number of aliphatic hydroxyl groups is 2. The Bertz CT molecular complexity index is 1620. The third-order valence-electron chi connectivity index (χ3n) is 7.04. The van der Waals surface area contributed by atoms with Gasteiger partial charge in [-0.3, -0.25) is 9.59 Å². The van der Waals surface area contributed by atoms with Crippen molar-refractivity contribution in [3.05, 3.63) is 59.8 Å². The highest BCUT2D eigenvalue weighted by Crippen LogP contribution is 2.40. The summed E-state index contributed by atoms with van der Waals surface area (Å²) in [7, 11) is 0. The van der Waals surface area contributed by atoms with E-state index >= 15 is 0 Å². The lowest BCUT2D eigenvalue weighted by Gasteiger charge is -2.24. The fraction of sp³-hybridized carbons (Fsp3) is 0.484. The number of ether oxygens (including phenoxy) is 3. The number of esters is 1. The van der Waals surface area contributed by atoms with Crippen LogP contribution in [0.15, 0.2) is 42.7 Å². The molecule has 3 heterocycles. The van der Waals surface area contributed by atoms with Crippen molar-refractivity contribution in [3.8, 4) is 6.07 Å². The number of hydrogen-bond donors (Lipinski definition) is 4. The van der Waals surface area contributed by atoms with Crippen LogP contribution in [0.5, 0.6) is 0 Å². The highest BCUT2D eigenvalue weighted by Gasteiger charge is 2.57. The van der Waals surface area contributed by atoms with Gasteiger partial charge in [-0.05, 0) is 56.5 Å². The van der Waals surface area contributed by atoms with Gasteiger partial charge in [-0.2, -0.15) is 10.4 Å². The molecular weight excluding hydrogens is 603 g/mol. The molecule has 1 aromatic carbocycles. The minimum Gasteiger partial charge on any atom is -0.463 e. The number of nitriles is 1. The highest BCUT2D eigenvalue weighted by atomic mass is 19.1. The Labute approximate surface area is 264 Å². The molecule has 4 N–H and O–H groups in total. The fourth-order valence-electron chi connectivity index (χ4n) is 4.91. The van der Waals surface area contributed by atoms with E-state index in [1.54, 1.807) is 20.8 Å². The van der Waals surface area contributed by atoms with Crippen LogP contribution < -0.4 is 10.6 Å². The molecule has 0 aliphatic carbocycles. The summed E-state index contributed by atoms with van der Waals surface area (Å²) in [5, 5.41) is 41.3. The number of halogens is 1. The third-order valence-corrected chi connectivity index (χ3v) is 7.04. The SMILES string of the molecule is CC(C)CC(=O)OC[C@H]1O[C@@](C#N)(c2ccc3c(NC(=O)[C@H](Cc4ccc(F)cc4)NC(=O)OC(C)(C)C)ncnn23)[C@H](O)[C@@H]1O. The first kappa shape index (κ1) is 34.2. The summed E-state index contributed by atoms with van der Waals surface area (Å²) >= 11 is 0. The number of rotatable bonds is 10. The molecule has 1 saturated heterocycles. The molecule has 0 saturated carbocycles. The summed E-state index contributed by atoms with van der Waals surface area (Å²) in [5.41, 5.74) is -2.20. The number of alkyl carbamates (subject to hydrolysis) is 1. The fourth-order valence-corrected chi connectivity index (χ4v) is 4.91. The predicted molar refractivity (Wildman–Crippen MR) is 159 cm³/mol. The van der Waals surface area contributed by atoms with Gasteiger partial charge in [-0.15, -0.1) is 0 Å². The lowest BCUT2D eigenvalue weighted by atomic mass is 9.92. The van der Waals surface area contributed by atoms with Crippen molar-refractivity contribution < 1.29 is 43.2 Å². The van der Waals surface area contributed by atoms with E-state index in [0.29, 0.717) is 5.56 Å². The van der Waals surface area contributed by atoms with Crippen molar-refractivity contribution in [2.24, 2.45) is 5.92 Å². The summed E-state index contributed by atoms with van der Waals surface area (Å²) < 4.78 is 31.1. The molecule has 4 rings (SSSR count). The Morgan fingerprint density at radius 3 is 2.50 bits per heavy atom. The van der Waals surface area contributed by atoms with Gasteiger partial charge < -0.3 is 35.1 Å². The van der Waals surface area contributed by atoms with Crippen LogP contribution in [0.25, 0.3) is 5.52 Å². The maximum absolute atomic E-state index is 13.5. The number of aliphatic hydroxyl groups excluding tert-OH is 2. The molecule has 0 bridgehead atoms. The Kier molecular flexibility index (Phi) is 10.2. The van der Waals surface area contributed by atoms with Gasteiger partial charge in [0.05, 0.1) is 5.69 Å². The van der Waals surface area contributed by atoms with Crippen LogP contribution in [0.1, 0.15) is 52.3 Å². The second-order valence-corrected chi connectivity index (χ2v) is 12.4. The number of hydrogen-bond acceptors (Lipinski definition) is 11. The second kappa shape index (κ2) is 13.8. The minimum absolute atomic E-state index is 0.0124. The van der Waals surface area contributed by atoms with Crippen LogP contribution in [0, 0.1) is 23.1 Å². The van der Waals surface area contributed by atoms with Gasteiger partial charge >= 0.3 is 12.1 Å². The van der Waals surface area contributed by atoms with Crippen LogP contribution in [0.2, 0.25) is 0 Å². The average molecular weight is 641 g/mol. The average Bonchev–Trinajstić information content (AvgIpc) is 3.51. The molecule has 1 fully saturated rings. The smallest absolute Gasteiger partial charge is 0.408 e. The molecule has 5 atom stereocenters. The van der Waals surface area contributed by atoms with Gasteiger partial charge in [0.15, 0.2) is 5.82 Å². The van der Waals surface area contributed by atoms with E-state index in [2.05, 4.69) is 20.7 Å². The maximum atomic E-state index is 13.5. The minimum atomic E-state index is -2.13. The molecule has 0 unspecified atom stereocenters. The lowest BCUT2D eigenvalue weighted by molar-refractivity contribution is -0.151. The summed E-state index contributed by atoms with van der Waals surface area (Å²) in [6, 6.07) is 9.06. The van der Waals surface area contributed by atoms with Crippen LogP contribution in [0.4, 0.5) is 15.0 Å². The van der Waals surface area contributed by atoms with Crippen molar-refractivity contribution >= 4 is 29.3 Å². The van der Waals surface area contributed by atoms with E-state index in [1.807, 2.05) is 19.9 Å². The number of carbonyl (C=O) groups is 3. The van der Waals surface area contributed by atoms with Crippen LogP contribution in [0.3, 0.4) is 0 Å². The van der Waals surface area contributed by atoms with E-state index in [1.165, 1.54) is 40.9 Å². The number of fused-ring (bicyclic) bond motifs is 1. The normalized spacial score (nSPS) is 21.9. The van der Waals surface area contributed by atoms with E-state index in [0.717, 1.165) is 6.33 Å². The van der Waals surface area contributed by atoms with Gasteiger partial charge in [0.25, 0.3) is 0 Å². The van der Waals surface area contributed by atoms with Crippen LogP contribution >= 0.6 is 0 Å². The van der Waals surface area contributed by atoms with Gasteiger partial charge in [0.1, 0.15) is 60.3 Å². The molecule has 46 heavy (non-hydrogen) atoms. The number of anilines is 1. The van der Waals surface area contributed by atoms with E-state index in [9.17, 15) is 34.2 Å². The summed E-state index contributed by atoms with van der Waals surface area (Å²) in [4.78, 5) is 42.3. The van der Waals surface area contributed by atoms with E-state index in [-0.39, 0.29) is 35.8 Å². The zero-order valence-electron chi connectivity index (χ0n) is 26.1. The van der Waals surface area contributed by atoms with E-state index < -0.39 is 65.9 Å². The molecular formula is C31H37FN6O8. The van der Waals surface area contributed by atoms with Crippen molar-refractivity contribution in [1.29, 1.82) is 5.26 Å². The first-order valence-electron chi connectivity index (χ1n) is 14.6. The lowest BCUT2D eigenvalue weighted by Crippen LogP contribution is -2.47. The molecule has 0 radical (unpaired) electrons. The molecule has 1 aliphatic rings. The molecule has 2 aromatic heterocycles. The number of nitrogens with one attached hydrogen (secondary N) is 2. The summed E-state index contributed by atoms with van der Waals surface area (Å²) in [6.45, 7) is 8.29. The first-order valence-corrected chi connectivity index (χ1v) is 14.6. The van der Waals surface area contributed by atoms with Gasteiger partial charge in [-0.1, -0.05) is 26.0 Å². The van der Waals surface area contributed by atoms with Crippen molar-refractivity contribution in [2.45, 2.75) is 83.0 Å². The van der Waals surface area contributed by atoms with Crippen molar-refractivity contribution in [2.75, 3.05) is 11.9 Å². The second-order valence-electron chi connectivity index (χ2n) is 12.4. The van der Waals surface area contributed by atoms with Crippen LogP contribution in [-0.2, 0) is 35.8 Å². The molecule has 14 nitrogen and oxygen atoms in total. The standard InChI is InChI=1S/C31H37FN6O8/c1-17(2)12-24(39)44-14-22-25(40)26(41)31(15-33,45-22)23-11-10-21-27(34-16-35-38(21)23)37-28(42)20(36-29(43)46-30(3,4)5)13-18-6-8-19(32)9-7-18/h6-11,16-17,20,22,25-26,40-41H,12-14H2,1-5H3,(H,36,43)(H,34,35,37,42)/t20-,22+,25+,26+,31-/m0/s1.